The third-order valence-electron chi connectivity index (χ3n) is 2.92. The highest BCUT2D eigenvalue weighted by Gasteiger charge is 2.32. The van der Waals surface area contributed by atoms with E-state index in [1.807, 2.05) is 6.92 Å². The quantitative estimate of drug-likeness (QED) is 0.910. The zero-order valence-corrected chi connectivity index (χ0v) is 10.4. The molecule has 1 heterocycles. The molecular formula is C13H12F3NO2. The summed E-state index contributed by atoms with van der Waals surface area (Å²) in [5.41, 5.74) is 0.917. The highest BCUT2D eigenvalue weighted by atomic mass is 19.4. The van der Waals surface area contributed by atoms with E-state index in [0.717, 1.165) is 0 Å². The second kappa shape index (κ2) is 4.60. The molecule has 3 nitrogen and oxygen atoms in total. The van der Waals surface area contributed by atoms with E-state index in [0.29, 0.717) is 17.7 Å². The van der Waals surface area contributed by atoms with Gasteiger partial charge in [0, 0.05) is 16.6 Å². The average Bonchev–Trinajstić information content (AvgIpc) is 2.32. The first kappa shape index (κ1) is 13.5. The first-order valence-corrected chi connectivity index (χ1v) is 5.73. The van der Waals surface area contributed by atoms with E-state index >= 15 is 0 Å². The molecule has 102 valence electrons. The van der Waals surface area contributed by atoms with Gasteiger partial charge < -0.3 is 9.72 Å². The molecule has 1 N–H and O–H groups in total. The predicted octanol–water partition coefficient (Wildman–Crippen LogP) is 3.30. The predicted molar refractivity (Wildman–Crippen MR) is 65.4 cm³/mol. The van der Waals surface area contributed by atoms with E-state index in [9.17, 15) is 18.0 Å². The third-order valence-corrected chi connectivity index (χ3v) is 2.92. The minimum atomic E-state index is -4.79. The summed E-state index contributed by atoms with van der Waals surface area (Å²) >= 11 is 0. The van der Waals surface area contributed by atoms with E-state index in [4.69, 9.17) is 0 Å². The molecule has 0 bridgehead atoms. The van der Waals surface area contributed by atoms with Crippen LogP contribution in [0.3, 0.4) is 0 Å². The van der Waals surface area contributed by atoms with E-state index in [1.165, 1.54) is 18.2 Å². The number of H-pyrrole nitrogens is 1. The van der Waals surface area contributed by atoms with Gasteiger partial charge in [-0.3, -0.25) is 4.79 Å². The molecule has 0 aliphatic carbocycles. The fourth-order valence-electron chi connectivity index (χ4n) is 2.00. The molecular weight excluding hydrogens is 259 g/mol. The summed E-state index contributed by atoms with van der Waals surface area (Å²) in [7, 11) is 0. The molecule has 2 aromatic rings. The van der Waals surface area contributed by atoms with E-state index in [-0.39, 0.29) is 16.3 Å². The summed E-state index contributed by atoms with van der Waals surface area (Å²) in [4.78, 5) is 14.9. The van der Waals surface area contributed by atoms with Gasteiger partial charge in [-0.2, -0.15) is 0 Å². The van der Waals surface area contributed by atoms with Crippen molar-refractivity contribution in [1.29, 1.82) is 0 Å². The number of rotatable bonds is 2. The number of alkyl halides is 3. The number of halogens is 3. The first-order chi connectivity index (χ1) is 8.83. The Morgan fingerprint density at radius 2 is 2.00 bits per heavy atom. The highest BCUT2D eigenvalue weighted by molar-refractivity contribution is 5.85. The zero-order valence-electron chi connectivity index (χ0n) is 10.4. The standard InChI is InChI=1S/C13H12F3NO2/c1-3-9-7(2)12(18)8-5-4-6-10(11(8)17-9)19-13(14,15)16/h4-6H,3H2,1-2H3,(H,17,18). The molecule has 0 radical (unpaired) electrons. The molecule has 1 aromatic carbocycles. The van der Waals surface area contributed by atoms with Crippen LogP contribution in [0.2, 0.25) is 0 Å². The van der Waals surface area contributed by atoms with Gasteiger partial charge in [0.15, 0.2) is 11.2 Å². The number of hydrogen-bond acceptors (Lipinski definition) is 2. The van der Waals surface area contributed by atoms with E-state index in [2.05, 4.69) is 9.72 Å². The van der Waals surface area contributed by atoms with Crippen molar-refractivity contribution in [2.75, 3.05) is 0 Å². The SMILES string of the molecule is CCc1[nH]c2c(OC(F)(F)F)cccc2c(=O)c1C. The highest BCUT2D eigenvalue weighted by Crippen LogP contribution is 2.28. The number of nitrogens with one attached hydrogen (secondary N) is 1. The van der Waals surface area contributed by atoms with Crippen molar-refractivity contribution in [3.8, 4) is 5.75 Å². The molecule has 0 spiro atoms. The van der Waals surface area contributed by atoms with E-state index < -0.39 is 12.1 Å². The monoisotopic (exact) mass is 271 g/mol. The van der Waals surface area contributed by atoms with Crippen LogP contribution in [-0.2, 0) is 6.42 Å². The summed E-state index contributed by atoms with van der Waals surface area (Å²) in [5, 5.41) is 0.191. The lowest BCUT2D eigenvalue weighted by Crippen LogP contribution is -2.18. The Hall–Kier alpha value is -1.98. The van der Waals surface area contributed by atoms with Gasteiger partial charge in [0.25, 0.3) is 0 Å². The van der Waals surface area contributed by atoms with Crippen LogP contribution in [0.25, 0.3) is 10.9 Å². The maximum atomic E-state index is 12.3. The normalized spacial score (nSPS) is 11.8. The van der Waals surface area contributed by atoms with Crippen LogP contribution in [0.5, 0.6) is 5.75 Å². The molecule has 0 atom stereocenters. The third kappa shape index (κ3) is 2.57. The number of benzene rings is 1. The van der Waals surface area contributed by atoms with Crippen LogP contribution in [0.1, 0.15) is 18.2 Å². The van der Waals surface area contributed by atoms with Crippen LogP contribution in [0.4, 0.5) is 13.2 Å². The van der Waals surface area contributed by atoms with Crippen molar-refractivity contribution < 1.29 is 17.9 Å². The summed E-state index contributed by atoms with van der Waals surface area (Å²) < 4.78 is 40.9. The minimum absolute atomic E-state index is 0.0762. The average molecular weight is 271 g/mol. The number of aromatic amines is 1. The van der Waals surface area contributed by atoms with Gasteiger partial charge in [0.1, 0.15) is 0 Å². The summed E-state index contributed by atoms with van der Waals surface area (Å²) in [6, 6.07) is 4.02. The minimum Gasteiger partial charge on any atom is -0.404 e. The molecule has 0 aliphatic rings. The van der Waals surface area contributed by atoms with Crippen LogP contribution < -0.4 is 10.2 Å². The molecule has 0 aliphatic heterocycles. The van der Waals surface area contributed by atoms with Crippen molar-refractivity contribution in [2.45, 2.75) is 26.6 Å². The van der Waals surface area contributed by atoms with Gasteiger partial charge in [-0.05, 0) is 25.5 Å². The number of pyridine rings is 1. The maximum Gasteiger partial charge on any atom is 0.573 e. The molecule has 2 rings (SSSR count). The Bertz CT molecular complexity index is 674. The smallest absolute Gasteiger partial charge is 0.404 e. The summed E-state index contributed by atoms with van der Waals surface area (Å²) in [6.07, 6.45) is -4.26. The molecule has 0 amide bonds. The fourth-order valence-corrected chi connectivity index (χ4v) is 2.00. The van der Waals surface area contributed by atoms with Gasteiger partial charge in [-0.15, -0.1) is 13.2 Å². The molecule has 0 saturated heterocycles. The van der Waals surface area contributed by atoms with Crippen LogP contribution in [0, 0.1) is 6.92 Å². The Morgan fingerprint density at radius 1 is 1.32 bits per heavy atom. The van der Waals surface area contributed by atoms with Crippen molar-refractivity contribution in [1.82, 2.24) is 4.98 Å². The van der Waals surface area contributed by atoms with Crippen LogP contribution >= 0.6 is 0 Å². The summed E-state index contributed by atoms with van der Waals surface area (Å²) in [5.74, 6) is -0.392. The van der Waals surface area contributed by atoms with Crippen molar-refractivity contribution in [2.24, 2.45) is 0 Å². The lowest BCUT2D eigenvalue weighted by atomic mass is 10.1. The van der Waals surface area contributed by atoms with Gasteiger partial charge in [-0.25, -0.2) is 0 Å². The second-order valence-electron chi connectivity index (χ2n) is 4.14. The largest absolute Gasteiger partial charge is 0.573 e. The molecule has 19 heavy (non-hydrogen) atoms. The maximum absolute atomic E-state index is 12.3. The Balaban J connectivity index is 2.74. The van der Waals surface area contributed by atoms with Crippen molar-refractivity contribution >= 4 is 10.9 Å². The topological polar surface area (TPSA) is 42.1 Å². The zero-order chi connectivity index (χ0) is 14.2. The number of hydrogen-bond donors (Lipinski definition) is 1. The number of aryl methyl sites for hydroxylation is 1. The number of para-hydroxylation sites is 1. The Labute approximate surface area is 107 Å². The fraction of sp³-hybridized carbons (Fsp3) is 0.308. The van der Waals surface area contributed by atoms with Gasteiger partial charge in [0.2, 0.25) is 0 Å². The van der Waals surface area contributed by atoms with Crippen molar-refractivity contribution in [3.63, 3.8) is 0 Å². The molecule has 6 heteroatoms. The molecule has 0 saturated carbocycles. The number of aromatic nitrogens is 1. The molecule has 0 unspecified atom stereocenters. The van der Waals surface area contributed by atoms with Gasteiger partial charge >= 0.3 is 6.36 Å². The van der Waals surface area contributed by atoms with Gasteiger partial charge in [0.05, 0.1) is 5.52 Å². The van der Waals surface area contributed by atoms with Crippen molar-refractivity contribution in [3.05, 3.63) is 39.7 Å². The molecule has 1 aromatic heterocycles. The second-order valence-corrected chi connectivity index (χ2v) is 4.14. The lowest BCUT2D eigenvalue weighted by molar-refractivity contribution is -0.274. The summed E-state index contributed by atoms with van der Waals surface area (Å²) in [6.45, 7) is 3.46. The molecule has 0 fully saturated rings. The number of fused-ring (bicyclic) bond motifs is 1. The first-order valence-electron chi connectivity index (χ1n) is 5.73. The van der Waals surface area contributed by atoms with Crippen LogP contribution in [0.15, 0.2) is 23.0 Å². The van der Waals surface area contributed by atoms with E-state index in [1.54, 1.807) is 6.92 Å². The Kier molecular flexibility index (Phi) is 3.26. The Morgan fingerprint density at radius 3 is 2.58 bits per heavy atom. The number of ether oxygens (including phenoxy) is 1. The lowest BCUT2D eigenvalue weighted by Gasteiger charge is -2.13. The van der Waals surface area contributed by atoms with Gasteiger partial charge in [-0.1, -0.05) is 13.0 Å². The van der Waals surface area contributed by atoms with Crippen LogP contribution in [-0.4, -0.2) is 11.3 Å².